The highest BCUT2D eigenvalue weighted by Gasteiger charge is 2.06. The second-order valence-electron chi connectivity index (χ2n) is 4.47. The first-order valence-electron chi connectivity index (χ1n) is 6.73. The normalized spacial score (nSPS) is 10.2. The average molecular weight is 303 g/mol. The molecule has 1 amide bonds. The molecule has 2 N–H and O–H groups in total. The first kappa shape index (κ1) is 15.7. The van der Waals surface area contributed by atoms with Crippen molar-refractivity contribution >= 4 is 5.91 Å². The second-order valence-corrected chi connectivity index (χ2v) is 4.47. The van der Waals surface area contributed by atoms with E-state index in [1.807, 2.05) is 24.3 Å². The number of hydrogen-bond acceptors (Lipinski definition) is 5. The molecular formula is C15H17N3O4. The summed E-state index contributed by atoms with van der Waals surface area (Å²) in [6, 6.07) is 10.0. The Morgan fingerprint density at radius 2 is 1.95 bits per heavy atom. The van der Waals surface area contributed by atoms with Gasteiger partial charge in [-0.2, -0.15) is 5.10 Å². The minimum Gasteiger partial charge on any atom is -0.491 e. The average Bonchev–Trinajstić information content (AvgIpc) is 2.55. The zero-order chi connectivity index (χ0) is 15.8. The maximum absolute atomic E-state index is 11.8. The Bertz CT molecular complexity index is 647. The van der Waals surface area contributed by atoms with Crippen LogP contribution < -0.4 is 15.6 Å². The van der Waals surface area contributed by atoms with Crippen molar-refractivity contribution in [1.82, 2.24) is 15.5 Å². The van der Waals surface area contributed by atoms with E-state index in [0.717, 1.165) is 11.3 Å². The molecule has 0 aliphatic carbocycles. The number of ether oxygens (including phenoxy) is 2. The minimum atomic E-state index is -0.350. The van der Waals surface area contributed by atoms with Crippen molar-refractivity contribution in [2.24, 2.45) is 0 Å². The molecule has 1 aromatic heterocycles. The lowest BCUT2D eigenvalue weighted by atomic mass is 10.2. The summed E-state index contributed by atoms with van der Waals surface area (Å²) in [4.78, 5) is 22.7. The fraction of sp³-hybridized carbons (Fsp3) is 0.267. The Morgan fingerprint density at radius 3 is 2.59 bits per heavy atom. The lowest BCUT2D eigenvalue weighted by Gasteiger charge is -2.07. The third-order valence-electron chi connectivity index (χ3n) is 2.84. The van der Waals surface area contributed by atoms with Crippen LogP contribution in [-0.4, -0.2) is 36.4 Å². The van der Waals surface area contributed by atoms with Crippen LogP contribution >= 0.6 is 0 Å². The molecule has 0 unspecified atom stereocenters. The summed E-state index contributed by atoms with van der Waals surface area (Å²) in [5.74, 6) is 0.395. The number of carbonyl (C=O) groups is 1. The zero-order valence-corrected chi connectivity index (χ0v) is 12.2. The van der Waals surface area contributed by atoms with Gasteiger partial charge in [0.05, 0.1) is 6.61 Å². The highest BCUT2D eigenvalue weighted by molar-refractivity contribution is 5.91. The molecule has 1 heterocycles. The number of nitrogens with zero attached hydrogens (tertiary/aromatic N) is 1. The summed E-state index contributed by atoms with van der Waals surface area (Å²) in [6.07, 6.45) is 0. The number of amides is 1. The van der Waals surface area contributed by atoms with Crippen LogP contribution in [0.5, 0.6) is 5.75 Å². The Balaban J connectivity index is 1.84. The third kappa shape index (κ3) is 4.71. The SMILES string of the molecule is COCCOc1ccc(CNC(=O)c2ccc(=O)[nH]n2)cc1. The van der Waals surface area contributed by atoms with Gasteiger partial charge in [0.25, 0.3) is 11.5 Å². The number of carbonyl (C=O) groups excluding carboxylic acids is 1. The second kappa shape index (κ2) is 7.94. The molecular weight excluding hydrogens is 286 g/mol. The molecule has 0 spiro atoms. The fourth-order valence-corrected chi connectivity index (χ4v) is 1.69. The van der Waals surface area contributed by atoms with Crippen LogP contribution in [-0.2, 0) is 11.3 Å². The van der Waals surface area contributed by atoms with E-state index in [0.29, 0.717) is 19.8 Å². The van der Waals surface area contributed by atoms with Gasteiger partial charge >= 0.3 is 0 Å². The smallest absolute Gasteiger partial charge is 0.271 e. The highest BCUT2D eigenvalue weighted by Crippen LogP contribution is 2.12. The van der Waals surface area contributed by atoms with Gasteiger partial charge in [0.15, 0.2) is 0 Å². The van der Waals surface area contributed by atoms with Gasteiger partial charge in [-0.1, -0.05) is 12.1 Å². The van der Waals surface area contributed by atoms with Crippen molar-refractivity contribution < 1.29 is 14.3 Å². The molecule has 0 aliphatic heterocycles. The molecule has 2 rings (SSSR count). The van der Waals surface area contributed by atoms with Crippen LogP contribution in [0.4, 0.5) is 0 Å². The van der Waals surface area contributed by atoms with Crippen LogP contribution in [0.2, 0.25) is 0 Å². The number of methoxy groups -OCH3 is 1. The predicted molar refractivity (Wildman–Crippen MR) is 79.8 cm³/mol. The van der Waals surface area contributed by atoms with Crippen molar-refractivity contribution in [1.29, 1.82) is 0 Å². The van der Waals surface area contributed by atoms with Gasteiger partial charge in [-0.3, -0.25) is 9.59 Å². The number of aromatic nitrogens is 2. The van der Waals surface area contributed by atoms with E-state index in [1.54, 1.807) is 7.11 Å². The van der Waals surface area contributed by atoms with Crippen molar-refractivity contribution in [2.75, 3.05) is 20.3 Å². The molecule has 116 valence electrons. The number of rotatable bonds is 7. The van der Waals surface area contributed by atoms with E-state index in [4.69, 9.17) is 9.47 Å². The summed E-state index contributed by atoms with van der Waals surface area (Å²) >= 11 is 0. The Morgan fingerprint density at radius 1 is 1.18 bits per heavy atom. The Kier molecular flexibility index (Phi) is 5.67. The Hall–Kier alpha value is -2.67. The van der Waals surface area contributed by atoms with Crippen molar-refractivity contribution in [3.05, 3.63) is 58.0 Å². The van der Waals surface area contributed by atoms with Gasteiger partial charge in [0, 0.05) is 19.7 Å². The minimum absolute atomic E-state index is 0.166. The van der Waals surface area contributed by atoms with E-state index in [1.165, 1.54) is 12.1 Å². The maximum Gasteiger partial charge on any atom is 0.271 e. The topological polar surface area (TPSA) is 93.3 Å². The van der Waals surface area contributed by atoms with E-state index < -0.39 is 0 Å². The molecule has 0 fully saturated rings. The molecule has 0 aliphatic rings. The van der Waals surface area contributed by atoms with E-state index in [-0.39, 0.29) is 17.2 Å². The van der Waals surface area contributed by atoms with Gasteiger partial charge in [-0.25, -0.2) is 5.10 Å². The standard InChI is InChI=1S/C15H17N3O4/c1-21-8-9-22-12-4-2-11(3-5-12)10-16-15(20)13-6-7-14(19)18-17-13/h2-7H,8-10H2,1H3,(H,16,20)(H,18,19). The molecule has 0 bridgehead atoms. The zero-order valence-electron chi connectivity index (χ0n) is 12.2. The summed E-state index contributed by atoms with van der Waals surface area (Å²) in [5.41, 5.74) is 0.747. The van der Waals surface area contributed by atoms with Crippen molar-refractivity contribution in [3.63, 3.8) is 0 Å². The summed E-state index contributed by atoms with van der Waals surface area (Å²) in [6.45, 7) is 1.38. The monoisotopic (exact) mass is 303 g/mol. The molecule has 0 radical (unpaired) electrons. The first-order chi connectivity index (χ1) is 10.7. The molecule has 22 heavy (non-hydrogen) atoms. The quantitative estimate of drug-likeness (QED) is 0.735. The van der Waals surface area contributed by atoms with Gasteiger partial charge in [0.2, 0.25) is 0 Å². The molecule has 0 saturated heterocycles. The van der Waals surface area contributed by atoms with E-state index >= 15 is 0 Å². The summed E-state index contributed by atoms with van der Waals surface area (Å²) < 4.78 is 10.4. The molecule has 7 nitrogen and oxygen atoms in total. The van der Waals surface area contributed by atoms with Gasteiger partial charge in [-0.15, -0.1) is 0 Å². The van der Waals surface area contributed by atoms with Crippen LogP contribution in [0.3, 0.4) is 0 Å². The Labute approximate surface area is 127 Å². The van der Waals surface area contributed by atoms with Crippen LogP contribution in [0.1, 0.15) is 16.1 Å². The van der Waals surface area contributed by atoms with E-state index in [2.05, 4.69) is 15.5 Å². The summed E-state index contributed by atoms with van der Waals surface area (Å²) in [7, 11) is 1.62. The number of H-pyrrole nitrogens is 1. The number of benzene rings is 1. The number of aromatic amines is 1. The molecule has 0 saturated carbocycles. The fourth-order valence-electron chi connectivity index (χ4n) is 1.69. The van der Waals surface area contributed by atoms with Crippen LogP contribution in [0.25, 0.3) is 0 Å². The highest BCUT2D eigenvalue weighted by atomic mass is 16.5. The lowest BCUT2D eigenvalue weighted by Crippen LogP contribution is -2.25. The lowest BCUT2D eigenvalue weighted by molar-refractivity contribution is 0.0945. The number of hydrogen-bond donors (Lipinski definition) is 2. The summed E-state index contributed by atoms with van der Waals surface area (Å²) in [5, 5.41) is 8.60. The first-order valence-corrected chi connectivity index (χ1v) is 6.73. The molecule has 7 heteroatoms. The van der Waals surface area contributed by atoms with Gasteiger partial charge in [-0.05, 0) is 23.8 Å². The maximum atomic E-state index is 11.8. The van der Waals surface area contributed by atoms with Crippen molar-refractivity contribution in [2.45, 2.75) is 6.54 Å². The van der Waals surface area contributed by atoms with Crippen LogP contribution in [0.15, 0.2) is 41.2 Å². The third-order valence-corrected chi connectivity index (χ3v) is 2.84. The molecule has 2 aromatic rings. The van der Waals surface area contributed by atoms with Gasteiger partial charge < -0.3 is 14.8 Å². The molecule has 0 atom stereocenters. The predicted octanol–water partition coefficient (Wildman–Crippen LogP) is 0.725. The van der Waals surface area contributed by atoms with E-state index in [9.17, 15) is 9.59 Å². The number of nitrogens with one attached hydrogen (secondary N) is 2. The largest absolute Gasteiger partial charge is 0.491 e. The molecule has 1 aromatic carbocycles. The van der Waals surface area contributed by atoms with Crippen LogP contribution in [0, 0.1) is 0 Å². The van der Waals surface area contributed by atoms with Crippen molar-refractivity contribution in [3.8, 4) is 5.75 Å². The van der Waals surface area contributed by atoms with Gasteiger partial charge in [0.1, 0.15) is 18.1 Å².